The lowest BCUT2D eigenvalue weighted by atomic mass is 10.3. The SMILES string of the molecule is CCN(c1cccc(SC)c1)C(F)(F)F. The van der Waals surface area contributed by atoms with E-state index >= 15 is 0 Å². The van der Waals surface area contributed by atoms with Crippen LogP contribution in [-0.4, -0.2) is 19.1 Å². The molecule has 0 fully saturated rings. The van der Waals surface area contributed by atoms with Crippen molar-refractivity contribution < 1.29 is 13.2 Å². The highest BCUT2D eigenvalue weighted by molar-refractivity contribution is 7.98. The van der Waals surface area contributed by atoms with Gasteiger partial charge in [0.15, 0.2) is 0 Å². The van der Waals surface area contributed by atoms with Crippen LogP contribution in [0.4, 0.5) is 18.9 Å². The quantitative estimate of drug-likeness (QED) is 0.579. The zero-order valence-corrected chi connectivity index (χ0v) is 9.32. The van der Waals surface area contributed by atoms with E-state index in [2.05, 4.69) is 0 Å². The molecule has 0 bridgehead atoms. The average molecular weight is 235 g/mol. The molecule has 0 aromatic heterocycles. The Bertz CT molecular complexity index is 325. The third kappa shape index (κ3) is 3.06. The number of anilines is 1. The van der Waals surface area contributed by atoms with E-state index in [1.54, 1.807) is 18.2 Å². The van der Waals surface area contributed by atoms with E-state index in [0.717, 1.165) is 4.90 Å². The zero-order chi connectivity index (χ0) is 11.5. The summed E-state index contributed by atoms with van der Waals surface area (Å²) in [5.74, 6) is 0. The van der Waals surface area contributed by atoms with Gasteiger partial charge in [-0.15, -0.1) is 11.8 Å². The minimum atomic E-state index is -4.31. The molecule has 0 unspecified atom stereocenters. The summed E-state index contributed by atoms with van der Waals surface area (Å²) < 4.78 is 37.7. The molecule has 84 valence electrons. The van der Waals surface area contributed by atoms with Gasteiger partial charge >= 0.3 is 6.30 Å². The second-order valence-electron chi connectivity index (χ2n) is 2.91. The third-order valence-electron chi connectivity index (χ3n) is 1.99. The topological polar surface area (TPSA) is 3.24 Å². The van der Waals surface area contributed by atoms with Crippen LogP contribution in [0.15, 0.2) is 29.2 Å². The van der Waals surface area contributed by atoms with Gasteiger partial charge in [0.05, 0.1) is 0 Å². The molecular formula is C10H12F3NS. The van der Waals surface area contributed by atoms with Crippen LogP contribution < -0.4 is 4.90 Å². The van der Waals surface area contributed by atoms with Crippen molar-refractivity contribution in [3.63, 3.8) is 0 Å². The summed E-state index contributed by atoms with van der Waals surface area (Å²) in [7, 11) is 0. The van der Waals surface area contributed by atoms with Gasteiger partial charge in [0.2, 0.25) is 0 Å². The summed E-state index contributed by atoms with van der Waals surface area (Å²) in [4.78, 5) is 1.25. The number of rotatable bonds is 3. The van der Waals surface area contributed by atoms with Crippen molar-refractivity contribution in [1.82, 2.24) is 0 Å². The smallest absolute Gasteiger partial charge is 0.284 e. The zero-order valence-electron chi connectivity index (χ0n) is 8.51. The number of alkyl halides is 3. The highest BCUT2D eigenvalue weighted by Gasteiger charge is 2.36. The molecule has 0 spiro atoms. The normalized spacial score (nSPS) is 11.5. The number of hydrogen-bond acceptors (Lipinski definition) is 2. The Labute approximate surface area is 91.3 Å². The van der Waals surface area contributed by atoms with Crippen molar-refractivity contribution in [2.45, 2.75) is 18.1 Å². The maximum absolute atomic E-state index is 12.6. The van der Waals surface area contributed by atoms with Gasteiger partial charge in [-0.2, -0.15) is 13.2 Å². The van der Waals surface area contributed by atoms with Gasteiger partial charge in [-0.1, -0.05) is 6.07 Å². The molecular weight excluding hydrogens is 223 g/mol. The Balaban J connectivity index is 3.02. The fourth-order valence-corrected chi connectivity index (χ4v) is 1.74. The van der Waals surface area contributed by atoms with E-state index < -0.39 is 6.30 Å². The van der Waals surface area contributed by atoms with Crippen LogP contribution in [0.2, 0.25) is 0 Å². The van der Waals surface area contributed by atoms with Crippen LogP contribution in [0, 0.1) is 0 Å². The maximum atomic E-state index is 12.6. The lowest BCUT2D eigenvalue weighted by Crippen LogP contribution is -2.37. The van der Waals surface area contributed by atoms with Crippen molar-refractivity contribution >= 4 is 17.4 Å². The van der Waals surface area contributed by atoms with Gasteiger partial charge in [0, 0.05) is 17.1 Å². The van der Waals surface area contributed by atoms with Gasteiger partial charge in [-0.3, -0.25) is 4.90 Å². The number of nitrogens with zero attached hydrogens (tertiary/aromatic N) is 1. The van der Waals surface area contributed by atoms with Gasteiger partial charge in [-0.25, -0.2) is 0 Å². The fraction of sp³-hybridized carbons (Fsp3) is 0.400. The van der Waals surface area contributed by atoms with Crippen molar-refractivity contribution in [3.8, 4) is 0 Å². The number of hydrogen-bond donors (Lipinski definition) is 0. The standard InChI is InChI=1S/C10H12F3NS/c1-3-14(10(11,12)13)8-5-4-6-9(7-8)15-2/h4-7H,3H2,1-2H3. The first-order chi connectivity index (χ1) is 6.99. The first kappa shape index (κ1) is 12.2. The molecule has 15 heavy (non-hydrogen) atoms. The van der Waals surface area contributed by atoms with Crippen LogP contribution in [-0.2, 0) is 0 Å². The molecule has 1 aromatic carbocycles. The monoisotopic (exact) mass is 235 g/mol. The molecule has 0 amide bonds. The van der Waals surface area contributed by atoms with Crippen molar-refractivity contribution in [2.75, 3.05) is 17.7 Å². The van der Waals surface area contributed by atoms with E-state index in [-0.39, 0.29) is 12.2 Å². The molecule has 0 heterocycles. The van der Waals surface area contributed by atoms with Crippen molar-refractivity contribution in [3.05, 3.63) is 24.3 Å². The first-order valence-electron chi connectivity index (χ1n) is 4.47. The molecule has 0 radical (unpaired) electrons. The predicted octanol–water partition coefficient (Wildman–Crippen LogP) is 3.75. The molecule has 0 N–H and O–H groups in total. The van der Waals surface area contributed by atoms with Crippen molar-refractivity contribution in [1.29, 1.82) is 0 Å². The average Bonchev–Trinajstić information content (AvgIpc) is 2.17. The first-order valence-corrected chi connectivity index (χ1v) is 5.70. The largest absolute Gasteiger partial charge is 0.484 e. The maximum Gasteiger partial charge on any atom is 0.484 e. The van der Waals surface area contributed by atoms with Gasteiger partial charge in [0.25, 0.3) is 0 Å². The van der Waals surface area contributed by atoms with Gasteiger partial charge in [0.1, 0.15) is 0 Å². The Morgan fingerprint density at radius 1 is 1.33 bits per heavy atom. The van der Waals surface area contributed by atoms with E-state index in [0.29, 0.717) is 4.90 Å². The van der Waals surface area contributed by atoms with Gasteiger partial charge in [-0.05, 0) is 31.4 Å². The van der Waals surface area contributed by atoms with Crippen LogP contribution >= 0.6 is 11.8 Å². The fourth-order valence-electron chi connectivity index (χ4n) is 1.29. The number of thioether (sulfide) groups is 1. The summed E-state index contributed by atoms with van der Waals surface area (Å²) in [5.41, 5.74) is 0.192. The molecule has 0 atom stereocenters. The Morgan fingerprint density at radius 3 is 2.47 bits per heavy atom. The minimum absolute atomic E-state index is 0.0820. The highest BCUT2D eigenvalue weighted by atomic mass is 32.2. The van der Waals surface area contributed by atoms with E-state index in [1.165, 1.54) is 24.8 Å². The molecule has 0 aliphatic carbocycles. The minimum Gasteiger partial charge on any atom is -0.284 e. The third-order valence-corrected chi connectivity index (χ3v) is 2.71. The molecule has 1 nitrogen and oxygen atoms in total. The molecule has 1 aromatic rings. The Hall–Kier alpha value is -0.840. The van der Waals surface area contributed by atoms with E-state index in [9.17, 15) is 13.2 Å². The van der Waals surface area contributed by atoms with Crippen LogP contribution in [0.5, 0.6) is 0 Å². The van der Waals surface area contributed by atoms with Crippen LogP contribution in [0.3, 0.4) is 0 Å². The molecule has 1 rings (SSSR count). The van der Waals surface area contributed by atoms with E-state index in [1.807, 2.05) is 6.26 Å². The second-order valence-corrected chi connectivity index (χ2v) is 3.79. The summed E-state index contributed by atoms with van der Waals surface area (Å²) >= 11 is 1.43. The molecule has 5 heteroatoms. The molecule has 0 aliphatic heterocycles. The summed E-state index contributed by atoms with van der Waals surface area (Å²) in [5, 5.41) is 0. The molecule has 0 saturated carbocycles. The van der Waals surface area contributed by atoms with Gasteiger partial charge < -0.3 is 0 Å². The highest BCUT2D eigenvalue weighted by Crippen LogP contribution is 2.30. The lowest BCUT2D eigenvalue weighted by Gasteiger charge is -2.25. The lowest BCUT2D eigenvalue weighted by molar-refractivity contribution is -0.128. The van der Waals surface area contributed by atoms with Crippen molar-refractivity contribution in [2.24, 2.45) is 0 Å². The molecule has 0 saturated heterocycles. The Morgan fingerprint density at radius 2 is 2.00 bits per heavy atom. The number of benzene rings is 1. The predicted molar refractivity (Wildman–Crippen MR) is 57.3 cm³/mol. The second kappa shape index (κ2) is 4.79. The number of halogens is 3. The summed E-state index contributed by atoms with van der Waals surface area (Å²) in [6.45, 7) is 1.40. The van der Waals surface area contributed by atoms with Crippen LogP contribution in [0.1, 0.15) is 6.92 Å². The summed E-state index contributed by atoms with van der Waals surface area (Å²) in [6, 6.07) is 6.44. The van der Waals surface area contributed by atoms with E-state index in [4.69, 9.17) is 0 Å². The van der Waals surface area contributed by atoms with Crippen LogP contribution in [0.25, 0.3) is 0 Å². The Kier molecular flexibility index (Phi) is 3.90. The summed E-state index contributed by atoms with van der Waals surface area (Å²) in [6.07, 6.45) is -2.48. The molecule has 0 aliphatic rings.